The number of hydrogen-bond donors (Lipinski definition) is 2. The normalized spacial score (nSPS) is 11.0. The Balaban J connectivity index is 2.24. The Morgan fingerprint density at radius 3 is 2.78 bits per heavy atom. The Labute approximate surface area is 100 Å². The summed E-state index contributed by atoms with van der Waals surface area (Å²) in [6, 6.07) is 3.83. The predicted octanol–water partition coefficient (Wildman–Crippen LogP) is 1.83. The fourth-order valence-corrected chi connectivity index (χ4v) is 1.66. The van der Waals surface area contributed by atoms with Gasteiger partial charge in [-0.05, 0) is 12.1 Å². The number of nitrogens with two attached hydrogens (primary N) is 1. The largest absolute Gasteiger partial charge is 0.382 e. The molecule has 2 aliphatic heterocycles. The third-order valence-electron chi connectivity index (χ3n) is 2.51. The maximum Gasteiger partial charge on any atom is 0.169 e. The monoisotopic (exact) mass is 247 g/mol. The van der Waals surface area contributed by atoms with Crippen molar-refractivity contribution < 1.29 is 8.78 Å². The van der Waals surface area contributed by atoms with Crippen LogP contribution in [0.4, 0.5) is 14.6 Å². The van der Waals surface area contributed by atoms with Crippen LogP contribution in [0.15, 0.2) is 24.4 Å². The number of anilines is 1. The quantitative estimate of drug-likeness (QED) is 0.687. The number of aromatic amines is 1. The Hall–Kier alpha value is -2.57. The van der Waals surface area contributed by atoms with Gasteiger partial charge in [0.25, 0.3) is 0 Å². The van der Waals surface area contributed by atoms with Crippen molar-refractivity contribution in [1.29, 1.82) is 0 Å². The molecular weight excluding hydrogens is 240 g/mol. The molecule has 3 rings (SSSR count). The van der Waals surface area contributed by atoms with Gasteiger partial charge in [-0.15, -0.1) is 0 Å². The molecule has 2 aliphatic rings. The first-order chi connectivity index (χ1) is 8.66. The molecule has 7 heteroatoms. The summed E-state index contributed by atoms with van der Waals surface area (Å²) in [4.78, 5) is 8.14. The molecule has 0 radical (unpaired) electrons. The van der Waals surface area contributed by atoms with E-state index in [4.69, 9.17) is 5.73 Å². The molecule has 3 N–H and O–H groups in total. The number of halogens is 2. The molecule has 5 nitrogen and oxygen atoms in total. The molecule has 0 saturated heterocycles. The number of benzene rings is 1. The summed E-state index contributed by atoms with van der Waals surface area (Å²) < 4.78 is 26.7. The van der Waals surface area contributed by atoms with Crippen LogP contribution in [0.25, 0.3) is 22.8 Å². The van der Waals surface area contributed by atoms with Crippen LogP contribution in [0.1, 0.15) is 0 Å². The van der Waals surface area contributed by atoms with E-state index in [0.717, 1.165) is 6.07 Å². The molecule has 0 aliphatic carbocycles. The lowest BCUT2D eigenvalue weighted by Crippen LogP contribution is -1.96. The molecule has 0 aromatic heterocycles. The van der Waals surface area contributed by atoms with Crippen molar-refractivity contribution in [3.63, 3.8) is 0 Å². The van der Waals surface area contributed by atoms with Crippen LogP contribution in [-0.2, 0) is 0 Å². The summed E-state index contributed by atoms with van der Waals surface area (Å²) in [6.07, 6.45) is 1.42. The lowest BCUT2D eigenvalue weighted by atomic mass is 10.2. The highest BCUT2D eigenvalue weighted by molar-refractivity contribution is 5.72. The molecule has 1 aromatic rings. The molecule has 90 valence electrons. The SMILES string of the molecule is Nc1[nH]ncc2nc(-c3cccc(F)c3F)nc1-2. The second kappa shape index (κ2) is 3.73. The van der Waals surface area contributed by atoms with Gasteiger partial charge in [0.15, 0.2) is 17.5 Å². The van der Waals surface area contributed by atoms with Gasteiger partial charge in [0, 0.05) is 0 Å². The fourth-order valence-electron chi connectivity index (χ4n) is 1.66. The third kappa shape index (κ3) is 1.48. The number of aromatic nitrogens is 4. The molecule has 2 heterocycles. The van der Waals surface area contributed by atoms with E-state index < -0.39 is 11.6 Å². The minimum Gasteiger partial charge on any atom is -0.382 e. The first kappa shape index (κ1) is 10.6. The summed E-state index contributed by atoms with van der Waals surface area (Å²) in [5.74, 6) is -1.62. The Bertz CT molecular complexity index is 694. The van der Waals surface area contributed by atoms with E-state index >= 15 is 0 Å². The van der Waals surface area contributed by atoms with E-state index in [2.05, 4.69) is 20.2 Å². The highest BCUT2D eigenvalue weighted by atomic mass is 19.2. The first-order valence-corrected chi connectivity index (χ1v) is 5.08. The maximum absolute atomic E-state index is 13.6. The fraction of sp³-hybridized carbons (Fsp3) is 0. The lowest BCUT2D eigenvalue weighted by Gasteiger charge is -1.98. The van der Waals surface area contributed by atoms with Crippen LogP contribution in [0, 0.1) is 11.6 Å². The maximum atomic E-state index is 13.6. The van der Waals surface area contributed by atoms with Crippen molar-refractivity contribution in [2.75, 3.05) is 5.73 Å². The minimum atomic E-state index is -0.983. The zero-order chi connectivity index (χ0) is 12.7. The third-order valence-corrected chi connectivity index (χ3v) is 2.51. The minimum absolute atomic E-state index is 0.00870. The van der Waals surface area contributed by atoms with Crippen LogP contribution in [0.5, 0.6) is 0 Å². The number of H-pyrrole nitrogens is 1. The number of fused-ring (bicyclic) bond motifs is 1. The van der Waals surface area contributed by atoms with Crippen molar-refractivity contribution in [3.8, 4) is 22.8 Å². The van der Waals surface area contributed by atoms with Crippen molar-refractivity contribution >= 4 is 5.82 Å². The van der Waals surface area contributed by atoms with E-state index in [-0.39, 0.29) is 17.2 Å². The Morgan fingerprint density at radius 1 is 1.17 bits per heavy atom. The van der Waals surface area contributed by atoms with Crippen LogP contribution >= 0.6 is 0 Å². The van der Waals surface area contributed by atoms with E-state index in [1.165, 1.54) is 18.3 Å². The van der Waals surface area contributed by atoms with Crippen LogP contribution in [-0.4, -0.2) is 20.2 Å². The van der Waals surface area contributed by atoms with Gasteiger partial charge in [-0.1, -0.05) is 6.07 Å². The topological polar surface area (TPSA) is 80.5 Å². The zero-order valence-corrected chi connectivity index (χ0v) is 8.98. The number of rotatable bonds is 1. The summed E-state index contributed by atoms with van der Waals surface area (Å²) in [5, 5.41) is 6.26. The smallest absolute Gasteiger partial charge is 0.169 e. The summed E-state index contributed by atoms with van der Waals surface area (Å²) in [7, 11) is 0. The van der Waals surface area contributed by atoms with Gasteiger partial charge in [-0.2, -0.15) is 5.10 Å². The van der Waals surface area contributed by atoms with Gasteiger partial charge in [-0.25, -0.2) is 18.7 Å². The average Bonchev–Trinajstić information content (AvgIpc) is 2.78. The highest BCUT2D eigenvalue weighted by Crippen LogP contribution is 2.28. The summed E-state index contributed by atoms with van der Waals surface area (Å²) in [6.45, 7) is 0. The number of nitrogens with zero attached hydrogens (tertiary/aromatic N) is 3. The second-order valence-corrected chi connectivity index (χ2v) is 3.67. The lowest BCUT2D eigenvalue weighted by molar-refractivity contribution is 0.510. The van der Waals surface area contributed by atoms with Gasteiger partial charge in [0.05, 0.1) is 11.8 Å². The molecule has 0 fully saturated rings. The van der Waals surface area contributed by atoms with Crippen LogP contribution in [0.3, 0.4) is 0 Å². The standard InChI is InChI=1S/C11H7F2N5/c12-6-3-1-2-5(8(6)13)11-16-7-4-15-18-10(14)9(7)17-11/h1-4,18H,14H2. The van der Waals surface area contributed by atoms with Crippen molar-refractivity contribution in [3.05, 3.63) is 36.0 Å². The molecule has 0 saturated carbocycles. The van der Waals surface area contributed by atoms with E-state index in [0.29, 0.717) is 11.4 Å². The molecule has 1 aromatic carbocycles. The number of nitrogen functional groups attached to an aromatic ring is 1. The first-order valence-electron chi connectivity index (χ1n) is 5.08. The second-order valence-electron chi connectivity index (χ2n) is 3.67. The van der Waals surface area contributed by atoms with Gasteiger partial charge in [0.1, 0.15) is 17.2 Å². The zero-order valence-electron chi connectivity index (χ0n) is 8.98. The van der Waals surface area contributed by atoms with Gasteiger partial charge in [-0.3, -0.25) is 5.10 Å². The average molecular weight is 247 g/mol. The molecular formula is C11H7F2N5. The van der Waals surface area contributed by atoms with Crippen LogP contribution < -0.4 is 5.73 Å². The molecule has 0 amide bonds. The van der Waals surface area contributed by atoms with Gasteiger partial charge >= 0.3 is 0 Å². The van der Waals surface area contributed by atoms with Gasteiger partial charge in [0.2, 0.25) is 0 Å². The number of nitrogens with one attached hydrogen (secondary N) is 1. The molecule has 18 heavy (non-hydrogen) atoms. The van der Waals surface area contributed by atoms with E-state index in [9.17, 15) is 8.78 Å². The Morgan fingerprint density at radius 2 is 2.00 bits per heavy atom. The van der Waals surface area contributed by atoms with Crippen LogP contribution in [0.2, 0.25) is 0 Å². The van der Waals surface area contributed by atoms with Crippen molar-refractivity contribution in [1.82, 2.24) is 20.2 Å². The molecule has 0 atom stereocenters. The van der Waals surface area contributed by atoms with Crippen molar-refractivity contribution in [2.24, 2.45) is 0 Å². The highest BCUT2D eigenvalue weighted by Gasteiger charge is 2.19. The van der Waals surface area contributed by atoms with E-state index in [1.807, 2.05) is 0 Å². The molecule has 0 spiro atoms. The van der Waals surface area contributed by atoms with Crippen molar-refractivity contribution in [2.45, 2.75) is 0 Å². The molecule has 0 unspecified atom stereocenters. The van der Waals surface area contributed by atoms with Gasteiger partial charge < -0.3 is 5.73 Å². The summed E-state index contributed by atoms with van der Waals surface area (Å²) >= 11 is 0. The number of hydrogen-bond acceptors (Lipinski definition) is 4. The Kier molecular flexibility index (Phi) is 2.19. The van der Waals surface area contributed by atoms with E-state index in [1.54, 1.807) is 0 Å². The molecule has 0 bridgehead atoms. The predicted molar refractivity (Wildman–Crippen MR) is 60.6 cm³/mol. The summed E-state index contributed by atoms with van der Waals surface area (Å²) in [5.41, 5.74) is 6.42. The number of imidazole rings is 1.